The number of nitrogens with two attached hydrogens (primary N) is 1. The monoisotopic (exact) mass is 201 g/mol. The standard InChI is InChI=1S/C11H23NO2/c12-7-3-1-2-4-8-13-10-11-6-5-9-14-11/h11H,1-10,12H2. The van der Waals surface area contributed by atoms with E-state index in [1.54, 1.807) is 0 Å². The van der Waals surface area contributed by atoms with Crippen LogP contribution in [0.4, 0.5) is 0 Å². The van der Waals surface area contributed by atoms with Crippen molar-refractivity contribution in [3.05, 3.63) is 0 Å². The lowest BCUT2D eigenvalue weighted by atomic mass is 10.2. The average molecular weight is 201 g/mol. The van der Waals surface area contributed by atoms with Crippen LogP contribution in [0, 0.1) is 0 Å². The fraction of sp³-hybridized carbons (Fsp3) is 1.00. The lowest BCUT2D eigenvalue weighted by Crippen LogP contribution is -2.14. The van der Waals surface area contributed by atoms with E-state index in [1.165, 1.54) is 25.7 Å². The van der Waals surface area contributed by atoms with E-state index in [-0.39, 0.29) is 0 Å². The lowest BCUT2D eigenvalue weighted by Gasteiger charge is -2.09. The highest BCUT2D eigenvalue weighted by molar-refractivity contribution is 4.63. The van der Waals surface area contributed by atoms with E-state index in [1.807, 2.05) is 0 Å². The second-order valence-corrected chi connectivity index (χ2v) is 3.91. The van der Waals surface area contributed by atoms with Gasteiger partial charge in [-0.2, -0.15) is 0 Å². The van der Waals surface area contributed by atoms with Crippen molar-refractivity contribution in [1.82, 2.24) is 0 Å². The van der Waals surface area contributed by atoms with Gasteiger partial charge >= 0.3 is 0 Å². The third kappa shape index (κ3) is 5.58. The van der Waals surface area contributed by atoms with Gasteiger partial charge in [0.05, 0.1) is 12.7 Å². The molecule has 14 heavy (non-hydrogen) atoms. The van der Waals surface area contributed by atoms with Gasteiger partial charge in [0.2, 0.25) is 0 Å². The second-order valence-electron chi connectivity index (χ2n) is 3.91. The predicted molar refractivity (Wildman–Crippen MR) is 57.3 cm³/mol. The summed E-state index contributed by atoms with van der Waals surface area (Å²) >= 11 is 0. The van der Waals surface area contributed by atoms with Crippen LogP contribution in [0.25, 0.3) is 0 Å². The third-order valence-corrected chi connectivity index (χ3v) is 2.57. The highest BCUT2D eigenvalue weighted by Crippen LogP contribution is 2.12. The zero-order chi connectivity index (χ0) is 10.1. The molecule has 0 saturated carbocycles. The van der Waals surface area contributed by atoms with E-state index < -0.39 is 0 Å². The Balaban J connectivity index is 1.75. The SMILES string of the molecule is NCCCCCCOCC1CCCO1. The van der Waals surface area contributed by atoms with E-state index in [0.717, 1.165) is 39.2 Å². The summed E-state index contributed by atoms with van der Waals surface area (Å²) in [4.78, 5) is 0. The van der Waals surface area contributed by atoms with Gasteiger partial charge in [-0.15, -0.1) is 0 Å². The van der Waals surface area contributed by atoms with Crippen molar-refractivity contribution in [2.75, 3.05) is 26.4 Å². The molecule has 0 aromatic rings. The lowest BCUT2D eigenvalue weighted by molar-refractivity contribution is 0.0161. The van der Waals surface area contributed by atoms with Crippen LogP contribution < -0.4 is 5.73 Å². The molecule has 1 aliphatic rings. The smallest absolute Gasteiger partial charge is 0.0809 e. The van der Waals surface area contributed by atoms with Crippen molar-refractivity contribution in [2.24, 2.45) is 5.73 Å². The molecule has 2 N–H and O–H groups in total. The van der Waals surface area contributed by atoms with Crippen molar-refractivity contribution in [1.29, 1.82) is 0 Å². The van der Waals surface area contributed by atoms with Crippen LogP contribution in [0.2, 0.25) is 0 Å². The topological polar surface area (TPSA) is 44.5 Å². The Morgan fingerprint density at radius 3 is 2.79 bits per heavy atom. The number of hydrogen-bond acceptors (Lipinski definition) is 3. The predicted octanol–water partition coefficient (Wildman–Crippen LogP) is 1.70. The molecule has 0 spiro atoms. The molecule has 84 valence electrons. The fourth-order valence-corrected chi connectivity index (χ4v) is 1.69. The quantitative estimate of drug-likeness (QED) is 0.608. The number of hydrogen-bond donors (Lipinski definition) is 1. The second kappa shape index (κ2) is 8.21. The maximum Gasteiger partial charge on any atom is 0.0809 e. The Hall–Kier alpha value is -0.120. The maximum absolute atomic E-state index is 5.54. The third-order valence-electron chi connectivity index (χ3n) is 2.57. The number of rotatable bonds is 8. The number of unbranched alkanes of at least 4 members (excludes halogenated alkanes) is 3. The van der Waals surface area contributed by atoms with Gasteiger partial charge in [0, 0.05) is 13.2 Å². The molecule has 0 radical (unpaired) electrons. The summed E-state index contributed by atoms with van der Waals surface area (Å²) in [6, 6.07) is 0. The van der Waals surface area contributed by atoms with Gasteiger partial charge in [0.1, 0.15) is 0 Å². The molecule has 0 bridgehead atoms. The summed E-state index contributed by atoms with van der Waals surface area (Å²) in [7, 11) is 0. The Bertz CT molecular complexity index is 124. The number of ether oxygens (including phenoxy) is 2. The summed E-state index contributed by atoms with van der Waals surface area (Å²) in [5.41, 5.74) is 5.40. The highest BCUT2D eigenvalue weighted by Gasteiger charge is 2.14. The molecule has 3 heteroatoms. The Morgan fingerprint density at radius 2 is 2.07 bits per heavy atom. The first-order valence-corrected chi connectivity index (χ1v) is 5.83. The molecule has 1 saturated heterocycles. The first kappa shape index (κ1) is 12.0. The molecule has 1 fully saturated rings. The van der Waals surface area contributed by atoms with Crippen molar-refractivity contribution < 1.29 is 9.47 Å². The summed E-state index contributed by atoms with van der Waals surface area (Å²) in [6.07, 6.45) is 7.53. The van der Waals surface area contributed by atoms with Crippen LogP contribution in [-0.4, -0.2) is 32.5 Å². The summed E-state index contributed by atoms with van der Waals surface area (Å²) in [5.74, 6) is 0. The van der Waals surface area contributed by atoms with Gasteiger partial charge in [-0.1, -0.05) is 12.8 Å². The average Bonchev–Trinajstić information content (AvgIpc) is 2.69. The van der Waals surface area contributed by atoms with Crippen LogP contribution in [0.1, 0.15) is 38.5 Å². The van der Waals surface area contributed by atoms with Crippen LogP contribution >= 0.6 is 0 Å². The highest BCUT2D eigenvalue weighted by atomic mass is 16.5. The van der Waals surface area contributed by atoms with E-state index in [4.69, 9.17) is 15.2 Å². The first-order valence-electron chi connectivity index (χ1n) is 5.83. The maximum atomic E-state index is 5.54. The normalized spacial score (nSPS) is 21.6. The van der Waals surface area contributed by atoms with Crippen LogP contribution in [0.5, 0.6) is 0 Å². The Labute approximate surface area is 86.9 Å². The molecule has 1 aliphatic heterocycles. The molecule has 0 aromatic carbocycles. The molecule has 1 rings (SSSR count). The zero-order valence-electron chi connectivity index (χ0n) is 9.04. The van der Waals surface area contributed by atoms with Crippen molar-refractivity contribution in [2.45, 2.75) is 44.6 Å². The molecule has 0 aliphatic carbocycles. The minimum Gasteiger partial charge on any atom is -0.379 e. The molecule has 1 atom stereocenters. The van der Waals surface area contributed by atoms with Gasteiger partial charge in [-0.25, -0.2) is 0 Å². The van der Waals surface area contributed by atoms with E-state index in [2.05, 4.69) is 0 Å². The van der Waals surface area contributed by atoms with Gasteiger partial charge in [0.15, 0.2) is 0 Å². The van der Waals surface area contributed by atoms with Crippen LogP contribution in [0.3, 0.4) is 0 Å². The van der Waals surface area contributed by atoms with E-state index >= 15 is 0 Å². The fourth-order valence-electron chi connectivity index (χ4n) is 1.69. The van der Waals surface area contributed by atoms with Crippen molar-refractivity contribution >= 4 is 0 Å². The molecule has 1 heterocycles. The Morgan fingerprint density at radius 1 is 1.21 bits per heavy atom. The Kier molecular flexibility index (Phi) is 7.01. The summed E-state index contributed by atoms with van der Waals surface area (Å²) in [5, 5.41) is 0. The van der Waals surface area contributed by atoms with Crippen LogP contribution in [0.15, 0.2) is 0 Å². The molecule has 0 amide bonds. The molecular formula is C11H23NO2. The van der Waals surface area contributed by atoms with Crippen molar-refractivity contribution in [3.63, 3.8) is 0 Å². The molecule has 0 aromatic heterocycles. The van der Waals surface area contributed by atoms with Gasteiger partial charge < -0.3 is 15.2 Å². The molecule has 3 nitrogen and oxygen atoms in total. The zero-order valence-corrected chi connectivity index (χ0v) is 9.04. The minimum absolute atomic E-state index is 0.374. The minimum atomic E-state index is 0.374. The van der Waals surface area contributed by atoms with Gasteiger partial charge in [-0.3, -0.25) is 0 Å². The largest absolute Gasteiger partial charge is 0.379 e. The van der Waals surface area contributed by atoms with Crippen LogP contribution in [-0.2, 0) is 9.47 Å². The summed E-state index contributed by atoms with van der Waals surface area (Å²) in [6.45, 7) is 3.41. The van der Waals surface area contributed by atoms with Gasteiger partial charge in [0.25, 0.3) is 0 Å². The summed E-state index contributed by atoms with van der Waals surface area (Å²) < 4.78 is 11.0. The van der Waals surface area contributed by atoms with Crippen molar-refractivity contribution in [3.8, 4) is 0 Å². The van der Waals surface area contributed by atoms with Gasteiger partial charge in [-0.05, 0) is 32.2 Å². The van der Waals surface area contributed by atoms with E-state index in [0.29, 0.717) is 6.10 Å². The molecular weight excluding hydrogens is 178 g/mol. The van der Waals surface area contributed by atoms with E-state index in [9.17, 15) is 0 Å². The first-order chi connectivity index (χ1) is 6.93. The molecule has 1 unspecified atom stereocenters.